The summed E-state index contributed by atoms with van der Waals surface area (Å²) in [6.45, 7) is 0. The number of furan rings is 2. The minimum absolute atomic E-state index is 0.573. The molecule has 0 unspecified atom stereocenters. The van der Waals surface area contributed by atoms with E-state index in [4.69, 9.17) is 23.8 Å². The molecule has 0 bridgehead atoms. The van der Waals surface area contributed by atoms with Crippen LogP contribution in [0.15, 0.2) is 191 Å². The normalized spacial score (nSPS) is 11.9. The Labute approximate surface area is 325 Å². The van der Waals surface area contributed by atoms with Crippen LogP contribution < -0.4 is 0 Å². The van der Waals surface area contributed by atoms with Crippen LogP contribution in [0.1, 0.15) is 0 Å². The Morgan fingerprint density at radius 3 is 1.68 bits per heavy atom. The quantitative estimate of drug-likeness (QED) is 0.176. The maximum absolute atomic E-state index is 6.89. The van der Waals surface area contributed by atoms with Crippen molar-refractivity contribution in [3.8, 4) is 51.0 Å². The Morgan fingerprint density at radius 2 is 0.947 bits per heavy atom. The average Bonchev–Trinajstić information content (AvgIpc) is 3.97. The van der Waals surface area contributed by atoms with Crippen molar-refractivity contribution in [3.05, 3.63) is 182 Å². The molecule has 6 nitrogen and oxygen atoms in total. The molecular formula is C51H30N4O2. The van der Waals surface area contributed by atoms with E-state index >= 15 is 0 Å². The van der Waals surface area contributed by atoms with Crippen molar-refractivity contribution in [2.24, 2.45) is 0 Å². The van der Waals surface area contributed by atoms with Crippen LogP contribution in [0.3, 0.4) is 0 Å². The monoisotopic (exact) mass is 730 g/mol. The Balaban J connectivity index is 1.20. The summed E-state index contributed by atoms with van der Waals surface area (Å²) in [6, 6.07) is 62.5. The summed E-state index contributed by atoms with van der Waals surface area (Å²) in [5.41, 5.74) is 11.1. The zero-order valence-electron chi connectivity index (χ0n) is 30.4. The lowest BCUT2D eigenvalue weighted by Crippen LogP contribution is -2.00. The summed E-state index contributed by atoms with van der Waals surface area (Å²) in [5, 5.41) is 6.36. The highest BCUT2D eigenvalue weighted by atomic mass is 16.3. The SMILES string of the molecule is c1ccc(-c2nc(-c3ccccc3)nc(-c3cccc4oc5c(-c6ccccc6)cc(-n6c7ccccc7c7ccc8c9ccccc9oc8c76)cc5c34)n2)cc1. The van der Waals surface area contributed by atoms with Gasteiger partial charge in [-0.15, -0.1) is 0 Å². The van der Waals surface area contributed by atoms with Crippen LogP contribution in [-0.2, 0) is 0 Å². The number of nitrogens with zero attached hydrogens (tertiary/aromatic N) is 4. The number of hydrogen-bond acceptors (Lipinski definition) is 5. The molecule has 0 amide bonds. The van der Waals surface area contributed by atoms with Crippen molar-refractivity contribution in [1.29, 1.82) is 0 Å². The molecule has 57 heavy (non-hydrogen) atoms. The third-order valence-corrected chi connectivity index (χ3v) is 11.0. The van der Waals surface area contributed by atoms with Gasteiger partial charge in [-0.25, -0.2) is 15.0 Å². The number of para-hydroxylation sites is 2. The van der Waals surface area contributed by atoms with Gasteiger partial charge in [0.05, 0.1) is 11.0 Å². The Kier molecular flexibility index (Phi) is 6.83. The molecule has 4 heterocycles. The fourth-order valence-electron chi connectivity index (χ4n) is 8.49. The van der Waals surface area contributed by atoms with Crippen molar-refractivity contribution >= 4 is 65.7 Å². The van der Waals surface area contributed by atoms with Crippen molar-refractivity contribution < 1.29 is 8.83 Å². The van der Waals surface area contributed by atoms with E-state index in [0.717, 1.165) is 99.2 Å². The molecule has 0 aliphatic rings. The average molecular weight is 731 g/mol. The highest BCUT2D eigenvalue weighted by Crippen LogP contribution is 2.45. The molecule has 0 saturated carbocycles. The highest BCUT2D eigenvalue weighted by molar-refractivity contribution is 6.22. The van der Waals surface area contributed by atoms with E-state index in [1.807, 2.05) is 91.0 Å². The van der Waals surface area contributed by atoms with Crippen molar-refractivity contribution in [3.63, 3.8) is 0 Å². The molecule has 12 rings (SSSR count). The number of benzene rings is 8. The third-order valence-electron chi connectivity index (χ3n) is 11.0. The van der Waals surface area contributed by atoms with E-state index in [1.54, 1.807) is 0 Å². The lowest BCUT2D eigenvalue weighted by Gasteiger charge is -2.12. The van der Waals surface area contributed by atoms with Crippen LogP contribution >= 0.6 is 0 Å². The fraction of sp³-hybridized carbons (Fsp3) is 0. The number of fused-ring (bicyclic) bond motifs is 10. The molecule has 0 saturated heterocycles. The van der Waals surface area contributed by atoms with Crippen LogP contribution in [0.2, 0.25) is 0 Å². The first kappa shape index (κ1) is 31.5. The van der Waals surface area contributed by atoms with Crippen molar-refractivity contribution in [2.45, 2.75) is 0 Å². The lowest BCUT2D eigenvalue weighted by atomic mass is 9.99. The van der Waals surface area contributed by atoms with Gasteiger partial charge >= 0.3 is 0 Å². The van der Waals surface area contributed by atoms with Crippen LogP contribution in [0, 0.1) is 0 Å². The van der Waals surface area contributed by atoms with Crippen molar-refractivity contribution in [1.82, 2.24) is 19.5 Å². The predicted octanol–water partition coefficient (Wildman–Crippen LogP) is 13.4. The van der Waals surface area contributed by atoms with E-state index in [9.17, 15) is 0 Å². The molecule has 0 aliphatic heterocycles. The highest BCUT2D eigenvalue weighted by Gasteiger charge is 2.24. The summed E-state index contributed by atoms with van der Waals surface area (Å²) >= 11 is 0. The molecule has 0 N–H and O–H groups in total. The zero-order valence-corrected chi connectivity index (χ0v) is 30.4. The van der Waals surface area contributed by atoms with Crippen LogP contribution in [0.5, 0.6) is 0 Å². The summed E-state index contributed by atoms with van der Waals surface area (Å²) in [5.74, 6) is 1.79. The van der Waals surface area contributed by atoms with E-state index in [-0.39, 0.29) is 0 Å². The second-order valence-electron chi connectivity index (χ2n) is 14.3. The van der Waals surface area contributed by atoms with Crippen molar-refractivity contribution in [2.75, 3.05) is 0 Å². The van der Waals surface area contributed by atoms with Gasteiger partial charge in [-0.05, 0) is 42.0 Å². The van der Waals surface area contributed by atoms with E-state index in [0.29, 0.717) is 17.5 Å². The molecule has 0 spiro atoms. The molecule has 0 atom stereocenters. The Hall–Kier alpha value is -7.83. The second-order valence-corrected chi connectivity index (χ2v) is 14.3. The first-order valence-corrected chi connectivity index (χ1v) is 19.0. The van der Waals surface area contributed by atoms with Gasteiger partial charge in [0.1, 0.15) is 16.7 Å². The molecule has 12 aromatic rings. The number of hydrogen-bond donors (Lipinski definition) is 0. The van der Waals surface area contributed by atoms with Crippen LogP contribution in [0.4, 0.5) is 0 Å². The van der Waals surface area contributed by atoms with Crippen LogP contribution in [-0.4, -0.2) is 19.5 Å². The second kappa shape index (κ2) is 12.3. The molecular weight excluding hydrogens is 701 g/mol. The van der Waals surface area contributed by atoms with E-state index in [2.05, 4.69) is 95.6 Å². The van der Waals surface area contributed by atoms with Gasteiger partial charge in [-0.2, -0.15) is 0 Å². The molecule has 6 heteroatoms. The molecule has 266 valence electrons. The van der Waals surface area contributed by atoms with Gasteiger partial charge < -0.3 is 13.4 Å². The maximum atomic E-state index is 6.89. The standard InChI is InChI=1S/C51H30N4O2/c1-4-15-31(16-5-1)40-29-34(55-42-24-12-10-21-35(42)37-27-28-38-36-22-11-13-25-43(36)56-48(38)46(37)55)30-41-45-39(23-14-26-44(45)57-47(40)41)51-53-49(32-17-6-2-7-18-32)52-50(54-51)33-19-8-3-9-20-33/h1-30H. The summed E-state index contributed by atoms with van der Waals surface area (Å²) in [4.78, 5) is 15.3. The first-order valence-electron chi connectivity index (χ1n) is 19.0. The number of aromatic nitrogens is 4. The minimum atomic E-state index is 0.573. The van der Waals surface area contributed by atoms with Gasteiger partial charge in [-0.1, -0.05) is 146 Å². The topological polar surface area (TPSA) is 69.9 Å². The molecule has 8 aromatic carbocycles. The largest absolute Gasteiger partial charge is 0.455 e. The first-order chi connectivity index (χ1) is 28.3. The predicted molar refractivity (Wildman–Crippen MR) is 230 cm³/mol. The maximum Gasteiger partial charge on any atom is 0.164 e. The van der Waals surface area contributed by atoms with E-state index < -0.39 is 0 Å². The van der Waals surface area contributed by atoms with Gasteiger partial charge in [0.15, 0.2) is 23.1 Å². The Morgan fingerprint density at radius 1 is 0.368 bits per heavy atom. The van der Waals surface area contributed by atoms with Crippen LogP contribution in [0.25, 0.3) is 117 Å². The van der Waals surface area contributed by atoms with E-state index in [1.165, 1.54) is 0 Å². The summed E-state index contributed by atoms with van der Waals surface area (Å²) in [6.07, 6.45) is 0. The minimum Gasteiger partial charge on any atom is -0.455 e. The number of rotatable bonds is 5. The summed E-state index contributed by atoms with van der Waals surface area (Å²) in [7, 11) is 0. The molecule has 4 aromatic heterocycles. The summed E-state index contributed by atoms with van der Waals surface area (Å²) < 4.78 is 16.0. The smallest absolute Gasteiger partial charge is 0.164 e. The van der Waals surface area contributed by atoms with Gasteiger partial charge in [0.2, 0.25) is 0 Å². The molecule has 0 fully saturated rings. The van der Waals surface area contributed by atoms with Gasteiger partial charge in [0, 0.05) is 60.3 Å². The third kappa shape index (κ3) is 4.87. The fourth-order valence-corrected chi connectivity index (χ4v) is 8.49. The zero-order chi connectivity index (χ0) is 37.5. The van der Waals surface area contributed by atoms with Gasteiger partial charge in [0.25, 0.3) is 0 Å². The Bertz CT molecular complexity index is 3450. The molecule has 0 radical (unpaired) electrons. The molecule has 0 aliphatic carbocycles. The van der Waals surface area contributed by atoms with Gasteiger partial charge in [-0.3, -0.25) is 0 Å². The lowest BCUT2D eigenvalue weighted by molar-refractivity contribution is 0.670.